The molecule has 0 N–H and O–H groups in total. The van der Waals surface area contributed by atoms with Crippen LogP contribution in [-0.4, -0.2) is 31.6 Å². The van der Waals surface area contributed by atoms with Crippen LogP contribution in [0.25, 0.3) is 0 Å². The van der Waals surface area contributed by atoms with Crippen LogP contribution in [0, 0.1) is 17.8 Å². The topological polar surface area (TPSA) is 69.5 Å². The van der Waals surface area contributed by atoms with E-state index in [2.05, 4.69) is 22.2 Å². The van der Waals surface area contributed by atoms with Gasteiger partial charge in [-0.05, 0) is 25.7 Å². The second-order valence-corrected chi connectivity index (χ2v) is 5.26. The molecule has 0 amide bonds. The first-order valence-electron chi connectivity index (χ1n) is 7.61. The van der Waals surface area contributed by atoms with E-state index in [9.17, 15) is 4.79 Å². The fourth-order valence-electron chi connectivity index (χ4n) is 1.92. The Bertz CT molecular complexity index is 709. The van der Waals surface area contributed by atoms with E-state index in [0.717, 1.165) is 5.56 Å². The van der Waals surface area contributed by atoms with E-state index in [4.69, 9.17) is 14.4 Å². The molecule has 0 aliphatic heterocycles. The Morgan fingerprint density at radius 1 is 1.25 bits per heavy atom. The maximum atomic E-state index is 11.9. The van der Waals surface area contributed by atoms with Crippen LogP contribution >= 0.6 is 0 Å². The van der Waals surface area contributed by atoms with Gasteiger partial charge in [0.15, 0.2) is 5.71 Å². The molecule has 0 radical (unpaired) electrons. The summed E-state index contributed by atoms with van der Waals surface area (Å²) in [5.74, 6) is 6.02. The van der Waals surface area contributed by atoms with Gasteiger partial charge in [-0.25, -0.2) is 4.79 Å². The zero-order chi connectivity index (χ0) is 17.4. The Kier molecular flexibility index (Phi) is 6.38. The number of carbonyl (C=O) groups is 1. The van der Waals surface area contributed by atoms with Crippen molar-refractivity contribution in [2.24, 2.45) is 16.2 Å². The largest absolute Gasteiger partial charge is 0.464 e. The van der Waals surface area contributed by atoms with Crippen LogP contribution in [0.2, 0.25) is 0 Å². The lowest BCUT2D eigenvalue weighted by molar-refractivity contribution is -0.132. The highest BCUT2D eigenvalue weighted by molar-refractivity contribution is 6.43. The van der Waals surface area contributed by atoms with Gasteiger partial charge in [-0.2, -0.15) is 0 Å². The molecule has 1 aliphatic carbocycles. The molecule has 6 heteroatoms. The van der Waals surface area contributed by atoms with Crippen LogP contribution in [0.3, 0.4) is 0 Å². The Labute approximate surface area is 141 Å². The van der Waals surface area contributed by atoms with Crippen molar-refractivity contribution in [3.05, 3.63) is 35.4 Å². The number of rotatable bonds is 6. The summed E-state index contributed by atoms with van der Waals surface area (Å²) in [4.78, 5) is 22.0. The highest BCUT2D eigenvalue weighted by Gasteiger charge is 2.19. The Morgan fingerprint density at radius 3 is 2.67 bits per heavy atom. The van der Waals surface area contributed by atoms with Gasteiger partial charge in [0.05, 0.1) is 7.11 Å². The minimum atomic E-state index is -0.584. The van der Waals surface area contributed by atoms with E-state index < -0.39 is 5.97 Å². The van der Waals surface area contributed by atoms with Gasteiger partial charge in [0.2, 0.25) is 0 Å². The van der Waals surface area contributed by atoms with Crippen molar-refractivity contribution in [3.8, 4) is 11.8 Å². The summed E-state index contributed by atoms with van der Waals surface area (Å²) in [7, 11) is 2.66. The number of methoxy groups -OCH3 is 1. The van der Waals surface area contributed by atoms with Crippen LogP contribution in [-0.2, 0) is 25.8 Å². The van der Waals surface area contributed by atoms with Crippen molar-refractivity contribution in [1.29, 1.82) is 0 Å². The third kappa shape index (κ3) is 5.13. The zero-order valence-corrected chi connectivity index (χ0v) is 14.0. The minimum Gasteiger partial charge on any atom is -0.464 e. The Balaban J connectivity index is 2.10. The normalized spacial score (nSPS) is 14.5. The summed E-state index contributed by atoms with van der Waals surface area (Å²) >= 11 is 0. The Hall–Kier alpha value is -2.81. The number of hydrogen-bond donors (Lipinski definition) is 0. The quantitative estimate of drug-likeness (QED) is 0.348. The first kappa shape index (κ1) is 17.5. The minimum absolute atomic E-state index is 0.0772. The highest BCUT2D eigenvalue weighted by Crippen LogP contribution is 2.27. The van der Waals surface area contributed by atoms with Crippen LogP contribution in [0.1, 0.15) is 30.9 Å². The Morgan fingerprint density at radius 2 is 2.00 bits per heavy atom. The standard InChI is InChI=1S/C18H20N2O4/c1-13(8-9-14-10-11-14)19-24-12-15-6-4-5-7-16(15)17(20-23-3)18(21)22-2/h4-7,14H,10-12H2,1-3H3/b19-13+,20-17+. The maximum absolute atomic E-state index is 11.9. The number of nitrogens with zero attached hydrogens (tertiary/aromatic N) is 2. The van der Waals surface area contributed by atoms with Gasteiger partial charge in [-0.3, -0.25) is 0 Å². The number of esters is 1. The summed E-state index contributed by atoms with van der Waals surface area (Å²) < 4.78 is 4.74. The molecule has 1 aromatic carbocycles. The highest BCUT2D eigenvalue weighted by atomic mass is 16.6. The van der Waals surface area contributed by atoms with Crippen molar-refractivity contribution in [2.45, 2.75) is 26.4 Å². The number of ether oxygens (including phenoxy) is 1. The third-order valence-corrected chi connectivity index (χ3v) is 3.29. The first-order chi connectivity index (χ1) is 11.7. The van der Waals surface area contributed by atoms with Crippen LogP contribution < -0.4 is 0 Å². The van der Waals surface area contributed by atoms with Crippen LogP contribution in [0.15, 0.2) is 34.6 Å². The summed E-state index contributed by atoms with van der Waals surface area (Å²) in [5, 5.41) is 7.74. The molecule has 24 heavy (non-hydrogen) atoms. The van der Waals surface area contributed by atoms with Gasteiger partial charge in [-0.15, -0.1) is 0 Å². The third-order valence-electron chi connectivity index (χ3n) is 3.29. The van der Waals surface area contributed by atoms with E-state index in [1.807, 2.05) is 12.1 Å². The molecule has 1 saturated carbocycles. The van der Waals surface area contributed by atoms with Gasteiger partial charge >= 0.3 is 5.97 Å². The van der Waals surface area contributed by atoms with E-state index in [1.165, 1.54) is 27.1 Å². The molecule has 0 spiro atoms. The SMILES string of the molecule is CO/N=C(/C(=O)OC)c1ccccc1CO/N=C(\C)C#CC1CC1. The van der Waals surface area contributed by atoms with Gasteiger partial charge < -0.3 is 14.4 Å². The molecule has 0 saturated heterocycles. The van der Waals surface area contributed by atoms with Crippen molar-refractivity contribution < 1.29 is 19.2 Å². The lowest BCUT2D eigenvalue weighted by Crippen LogP contribution is -2.19. The average molecular weight is 328 g/mol. The second-order valence-electron chi connectivity index (χ2n) is 5.26. The molecule has 0 atom stereocenters. The van der Waals surface area contributed by atoms with Gasteiger partial charge in [-0.1, -0.05) is 40.5 Å². The fraction of sp³-hybridized carbons (Fsp3) is 0.389. The lowest BCUT2D eigenvalue weighted by atomic mass is 10.0. The fourth-order valence-corrected chi connectivity index (χ4v) is 1.92. The molecule has 2 rings (SSSR count). The predicted molar refractivity (Wildman–Crippen MR) is 90.4 cm³/mol. The number of oxime groups is 2. The lowest BCUT2D eigenvalue weighted by Gasteiger charge is -2.09. The monoisotopic (exact) mass is 328 g/mol. The molecule has 1 aromatic rings. The molecule has 1 fully saturated rings. The first-order valence-corrected chi connectivity index (χ1v) is 7.61. The number of benzene rings is 1. The molecule has 0 heterocycles. The molecule has 0 unspecified atom stereocenters. The summed E-state index contributed by atoms with van der Waals surface area (Å²) in [5.41, 5.74) is 2.01. The van der Waals surface area contributed by atoms with Crippen LogP contribution in [0.4, 0.5) is 0 Å². The van der Waals surface area contributed by atoms with Gasteiger partial charge in [0, 0.05) is 17.0 Å². The number of carbonyl (C=O) groups excluding carboxylic acids is 1. The predicted octanol–water partition coefficient (Wildman–Crippen LogP) is 2.52. The average Bonchev–Trinajstić information content (AvgIpc) is 3.42. The molecule has 1 aliphatic rings. The summed E-state index contributed by atoms with van der Waals surface area (Å²) in [6.07, 6.45) is 2.34. The van der Waals surface area contributed by atoms with Crippen molar-refractivity contribution in [1.82, 2.24) is 0 Å². The molecule has 126 valence electrons. The van der Waals surface area contributed by atoms with Crippen LogP contribution in [0.5, 0.6) is 0 Å². The molecule has 0 bridgehead atoms. The van der Waals surface area contributed by atoms with E-state index in [0.29, 0.717) is 17.2 Å². The van der Waals surface area contributed by atoms with Crippen molar-refractivity contribution in [2.75, 3.05) is 14.2 Å². The van der Waals surface area contributed by atoms with Gasteiger partial charge in [0.1, 0.15) is 19.4 Å². The zero-order valence-electron chi connectivity index (χ0n) is 14.0. The molecule has 0 aromatic heterocycles. The maximum Gasteiger partial charge on any atom is 0.360 e. The molecule has 6 nitrogen and oxygen atoms in total. The summed E-state index contributed by atoms with van der Waals surface area (Å²) in [6.45, 7) is 1.98. The smallest absolute Gasteiger partial charge is 0.360 e. The van der Waals surface area contributed by atoms with Crippen molar-refractivity contribution in [3.63, 3.8) is 0 Å². The molecular weight excluding hydrogens is 308 g/mol. The van der Waals surface area contributed by atoms with E-state index >= 15 is 0 Å². The van der Waals surface area contributed by atoms with E-state index in [1.54, 1.807) is 19.1 Å². The summed E-state index contributed by atoms with van der Waals surface area (Å²) in [6, 6.07) is 7.21. The second kappa shape index (κ2) is 8.73. The van der Waals surface area contributed by atoms with E-state index in [-0.39, 0.29) is 12.3 Å². The molecular formula is C18H20N2O4. The number of hydrogen-bond acceptors (Lipinski definition) is 6. The van der Waals surface area contributed by atoms with Crippen molar-refractivity contribution >= 4 is 17.4 Å². The van der Waals surface area contributed by atoms with Gasteiger partial charge in [0.25, 0.3) is 0 Å².